The number of hydrogen-bond donors (Lipinski definition) is 1. The number of fused-ring (bicyclic) bond motifs is 2. The third kappa shape index (κ3) is 3.48. The van der Waals surface area contributed by atoms with E-state index >= 15 is 0 Å². The largest absolute Gasteiger partial charge is 0.478 e. The fourth-order valence-electron chi connectivity index (χ4n) is 4.15. The van der Waals surface area contributed by atoms with Crippen LogP contribution in [0.4, 0.5) is 10.2 Å². The predicted molar refractivity (Wildman–Crippen MR) is 114 cm³/mol. The zero-order valence-corrected chi connectivity index (χ0v) is 16.8. The average molecular weight is 421 g/mol. The Labute approximate surface area is 177 Å². The van der Waals surface area contributed by atoms with Gasteiger partial charge in [0.15, 0.2) is 11.6 Å². The van der Waals surface area contributed by atoms with E-state index in [1.165, 1.54) is 24.3 Å². The minimum Gasteiger partial charge on any atom is -0.478 e. The van der Waals surface area contributed by atoms with E-state index in [9.17, 15) is 14.3 Å². The van der Waals surface area contributed by atoms with Crippen LogP contribution < -0.4 is 4.90 Å². The zero-order valence-electron chi connectivity index (χ0n) is 16.8. The standard InChI is InChI=1S/C23H20FN3O4/c1-30-12-16-3-2-8-27(16)22-21(20-11-14-9-15(24)5-7-19(14)31-20)25-17-6-4-13(23(28)29)10-18(17)26-22/h4-7,9-11,16H,2-3,8,12H2,1H3,(H,28,29)/t16-/m1/s1. The number of hydrogen-bond acceptors (Lipinski definition) is 6. The fraction of sp³-hybridized carbons (Fsp3) is 0.261. The number of methoxy groups -OCH3 is 1. The first-order valence-corrected chi connectivity index (χ1v) is 10.0. The maximum atomic E-state index is 13.7. The summed E-state index contributed by atoms with van der Waals surface area (Å²) in [6, 6.07) is 10.9. The molecule has 4 aromatic rings. The molecule has 0 bridgehead atoms. The van der Waals surface area contributed by atoms with Crippen LogP contribution in [-0.2, 0) is 4.74 Å². The molecule has 8 heteroatoms. The third-order valence-corrected chi connectivity index (χ3v) is 5.61. The topological polar surface area (TPSA) is 88.7 Å². The molecule has 158 valence electrons. The number of carboxylic acids is 1. The van der Waals surface area contributed by atoms with Crippen molar-refractivity contribution in [2.24, 2.45) is 0 Å². The number of aromatic carboxylic acids is 1. The van der Waals surface area contributed by atoms with Gasteiger partial charge in [-0.2, -0.15) is 0 Å². The summed E-state index contributed by atoms with van der Waals surface area (Å²) in [6.07, 6.45) is 1.93. The van der Waals surface area contributed by atoms with E-state index in [1.807, 2.05) is 0 Å². The normalized spacial score (nSPS) is 16.5. The molecule has 0 spiro atoms. The smallest absolute Gasteiger partial charge is 0.335 e. The number of aromatic nitrogens is 2. The molecule has 7 nitrogen and oxygen atoms in total. The molecule has 5 rings (SSSR count). The van der Waals surface area contributed by atoms with Crippen molar-refractivity contribution in [2.45, 2.75) is 18.9 Å². The summed E-state index contributed by atoms with van der Waals surface area (Å²) >= 11 is 0. The lowest BCUT2D eigenvalue weighted by Gasteiger charge is -2.26. The molecule has 2 aromatic carbocycles. The quantitative estimate of drug-likeness (QED) is 0.508. The molecule has 1 N–H and O–H groups in total. The molecule has 1 atom stereocenters. The molecule has 0 saturated carbocycles. The maximum absolute atomic E-state index is 13.7. The Bertz CT molecular complexity index is 1300. The number of rotatable bonds is 5. The van der Waals surface area contributed by atoms with Crippen LogP contribution in [0.25, 0.3) is 33.5 Å². The second-order valence-corrected chi connectivity index (χ2v) is 7.64. The van der Waals surface area contributed by atoms with E-state index in [4.69, 9.17) is 19.1 Å². The van der Waals surface area contributed by atoms with Crippen molar-refractivity contribution in [3.63, 3.8) is 0 Å². The summed E-state index contributed by atoms with van der Waals surface area (Å²) in [6.45, 7) is 1.31. The zero-order chi connectivity index (χ0) is 21.5. The van der Waals surface area contributed by atoms with Crippen molar-refractivity contribution in [3.8, 4) is 11.5 Å². The van der Waals surface area contributed by atoms with Gasteiger partial charge in [-0.15, -0.1) is 0 Å². The molecule has 1 aliphatic rings. The Kier molecular flexibility index (Phi) is 4.78. The van der Waals surface area contributed by atoms with E-state index in [0.717, 1.165) is 19.4 Å². The molecule has 0 aliphatic carbocycles. The van der Waals surface area contributed by atoms with E-state index in [1.54, 1.807) is 25.3 Å². The van der Waals surface area contributed by atoms with Gasteiger partial charge < -0.3 is 19.2 Å². The Hall–Kier alpha value is -3.52. The molecule has 1 aliphatic heterocycles. The fourth-order valence-corrected chi connectivity index (χ4v) is 4.15. The highest BCUT2D eigenvalue weighted by atomic mass is 19.1. The molecule has 2 aromatic heterocycles. The second kappa shape index (κ2) is 7.63. The number of anilines is 1. The molecule has 0 unspecified atom stereocenters. The predicted octanol–water partition coefficient (Wildman–Crippen LogP) is 4.50. The van der Waals surface area contributed by atoms with Gasteiger partial charge in [-0.3, -0.25) is 0 Å². The summed E-state index contributed by atoms with van der Waals surface area (Å²) in [5.74, 6) is -0.276. The average Bonchev–Trinajstić information content (AvgIpc) is 3.39. The Morgan fingerprint density at radius 3 is 2.90 bits per heavy atom. The minimum atomic E-state index is -1.02. The van der Waals surface area contributed by atoms with E-state index in [2.05, 4.69) is 4.90 Å². The lowest BCUT2D eigenvalue weighted by Crippen LogP contribution is -2.34. The summed E-state index contributed by atoms with van der Waals surface area (Å²) in [4.78, 5) is 23.1. The molecular formula is C23H20FN3O4. The summed E-state index contributed by atoms with van der Waals surface area (Å²) in [7, 11) is 1.66. The Morgan fingerprint density at radius 2 is 2.10 bits per heavy atom. The molecule has 0 radical (unpaired) electrons. The number of nitrogens with zero attached hydrogens (tertiary/aromatic N) is 3. The Morgan fingerprint density at radius 1 is 1.23 bits per heavy atom. The molecular weight excluding hydrogens is 401 g/mol. The van der Waals surface area contributed by atoms with Crippen molar-refractivity contribution in [2.75, 3.05) is 25.2 Å². The lowest BCUT2D eigenvalue weighted by molar-refractivity contribution is 0.0697. The third-order valence-electron chi connectivity index (χ3n) is 5.61. The van der Waals surface area contributed by atoms with Crippen LogP contribution in [0.5, 0.6) is 0 Å². The Balaban J connectivity index is 1.72. The monoisotopic (exact) mass is 421 g/mol. The highest BCUT2D eigenvalue weighted by molar-refractivity contribution is 5.94. The van der Waals surface area contributed by atoms with Gasteiger partial charge in [0.05, 0.1) is 29.2 Å². The van der Waals surface area contributed by atoms with Crippen molar-refractivity contribution in [3.05, 3.63) is 53.8 Å². The first kappa shape index (κ1) is 19.4. The number of carboxylic acid groups (broad SMARTS) is 1. The molecule has 1 saturated heterocycles. The van der Waals surface area contributed by atoms with Crippen LogP contribution >= 0.6 is 0 Å². The highest BCUT2D eigenvalue weighted by Crippen LogP contribution is 2.36. The summed E-state index contributed by atoms with van der Waals surface area (Å²) < 4.78 is 25.1. The highest BCUT2D eigenvalue weighted by Gasteiger charge is 2.30. The van der Waals surface area contributed by atoms with Crippen LogP contribution in [0.15, 0.2) is 46.9 Å². The molecule has 31 heavy (non-hydrogen) atoms. The molecule has 0 amide bonds. The van der Waals surface area contributed by atoms with Gasteiger partial charge in [0.1, 0.15) is 17.1 Å². The van der Waals surface area contributed by atoms with Crippen LogP contribution in [0, 0.1) is 5.82 Å². The van der Waals surface area contributed by atoms with Crippen molar-refractivity contribution < 1.29 is 23.4 Å². The minimum absolute atomic E-state index is 0.125. The van der Waals surface area contributed by atoms with Crippen LogP contribution in [-0.4, -0.2) is 47.3 Å². The van der Waals surface area contributed by atoms with Gasteiger partial charge in [0.25, 0.3) is 0 Å². The number of halogens is 1. The summed E-state index contributed by atoms with van der Waals surface area (Å²) in [5.41, 5.74) is 2.28. The van der Waals surface area contributed by atoms with Gasteiger partial charge in [0, 0.05) is 19.0 Å². The van der Waals surface area contributed by atoms with Gasteiger partial charge in [-0.05, 0) is 55.3 Å². The van der Waals surface area contributed by atoms with E-state index in [0.29, 0.717) is 45.9 Å². The van der Waals surface area contributed by atoms with Gasteiger partial charge in [0.2, 0.25) is 0 Å². The van der Waals surface area contributed by atoms with E-state index < -0.39 is 5.97 Å². The second-order valence-electron chi connectivity index (χ2n) is 7.64. The maximum Gasteiger partial charge on any atom is 0.335 e. The number of furan rings is 1. The molecule has 1 fully saturated rings. The van der Waals surface area contributed by atoms with E-state index in [-0.39, 0.29) is 17.4 Å². The number of benzene rings is 2. The summed E-state index contributed by atoms with van der Waals surface area (Å²) in [5, 5.41) is 9.99. The van der Waals surface area contributed by atoms with Crippen LogP contribution in [0.2, 0.25) is 0 Å². The number of carbonyl (C=O) groups is 1. The first-order valence-electron chi connectivity index (χ1n) is 10.0. The lowest BCUT2D eigenvalue weighted by atomic mass is 10.1. The SMILES string of the molecule is COC[C@H]1CCCN1c1nc2cc(C(=O)O)ccc2nc1-c1cc2cc(F)ccc2o1. The number of ether oxygens (including phenoxy) is 1. The molecule has 3 heterocycles. The van der Waals surface area contributed by atoms with Gasteiger partial charge in [-0.1, -0.05) is 0 Å². The van der Waals surface area contributed by atoms with Gasteiger partial charge in [-0.25, -0.2) is 19.2 Å². The first-order chi connectivity index (χ1) is 15.0. The van der Waals surface area contributed by atoms with Crippen LogP contribution in [0.3, 0.4) is 0 Å². The van der Waals surface area contributed by atoms with Crippen molar-refractivity contribution in [1.29, 1.82) is 0 Å². The van der Waals surface area contributed by atoms with Crippen LogP contribution in [0.1, 0.15) is 23.2 Å². The van der Waals surface area contributed by atoms with Crippen molar-refractivity contribution >= 4 is 33.8 Å². The van der Waals surface area contributed by atoms with Crippen molar-refractivity contribution in [1.82, 2.24) is 9.97 Å². The van der Waals surface area contributed by atoms with Gasteiger partial charge >= 0.3 is 5.97 Å².